The minimum Gasteiger partial charge on any atom is -0.481 e. The van der Waals surface area contributed by atoms with E-state index < -0.39 is 65.5 Å². The Hall–Kier alpha value is -3.56. The normalized spacial score (nSPS) is 20.4. The number of benzene rings is 2. The SMILES string of the molecule is COC(=O)C1CN(C(=O)OCc2ccccc2)CC1(C(=O)O)c1c(F)ccc(F)c1F. The van der Waals surface area contributed by atoms with Crippen LogP contribution in [-0.4, -0.2) is 48.2 Å². The van der Waals surface area contributed by atoms with Crippen LogP contribution in [0.5, 0.6) is 0 Å². The topological polar surface area (TPSA) is 93.1 Å². The molecule has 1 aliphatic heterocycles. The van der Waals surface area contributed by atoms with Crippen molar-refractivity contribution >= 4 is 18.0 Å². The number of rotatable bonds is 5. The van der Waals surface area contributed by atoms with E-state index in [0.29, 0.717) is 17.7 Å². The van der Waals surface area contributed by atoms with Crippen molar-refractivity contribution in [3.8, 4) is 0 Å². The second-order valence-electron chi connectivity index (χ2n) is 6.99. The lowest BCUT2D eigenvalue weighted by Crippen LogP contribution is -2.48. The molecule has 0 bridgehead atoms. The Balaban J connectivity index is 2.00. The molecule has 0 spiro atoms. The molecule has 164 valence electrons. The zero-order valence-corrected chi connectivity index (χ0v) is 16.3. The number of aliphatic carboxylic acids is 1. The Morgan fingerprint density at radius 1 is 1.10 bits per heavy atom. The lowest BCUT2D eigenvalue weighted by Gasteiger charge is -2.29. The highest BCUT2D eigenvalue weighted by molar-refractivity contribution is 5.92. The monoisotopic (exact) mass is 437 g/mol. The van der Waals surface area contributed by atoms with Gasteiger partial charge in [-0.05, 0) is 17.7 Å². The Morgan fingerprint density at radius 2 is 1.74 bits per heavy atom. The summed E-state index contributed by atoms with van der Waals surface area (Å²) in [4.78, 5) is 38.0. The Morgan fingerprint density at radius 3 is 2.35 bits per heavy atom. The van der Waals surface area contributed by atoms with Gasteiger partial charge in [0.1, 0.15) is 17.8 Å². The van der Waals surface area contributed by atoms with Gasteiger partial charge in [-0.15, -0.1) is 0 Å². The molecule has 1 aliphatic rings. The first kappa shape index (κ1) is 22.1. The molecular weight excluding hydrogens is 419 g/mol. The highest BCUT2D eigenvalue weighted by Crippen LogP contribution is 2.43. The number of carbonyl (C=O) groups excluding carboxylic acids is 2. The number of esters is 1. The average Bonchev–Trinajstić information content (AvgIpc) is 3.17. The summed E-state index contributed by atoms with van der Waals surface area (Å²) in [6, 6.07) is 9.63. The van der Waals surface area contributed by atoms with E-state index in [0.717, 1.165) is 12.0 Å². The fourth-order valence-corrected chi connectivity index (χ4v) is 3.73. The molecule has 2 atom stereocenters. The van der Waals surface area contributed by atoms with Crippen LogP contribution in [0.2, 0.25) is 0 Å². The summed E-state index contributed by atoms with van der Waals surface area (Å²) in [5, 5.41) is 9.94. The zero-order valence-electron chi connectivity index (χ0n) is 16.3. The maximum atomic E-state index is 14.6. The molecular formula is C21H18F3NO6. The summed E-state index contributed by atoms with van der Waals surface area (Å²) in [5.74, 6) is -9.25. The number of carbonyl (C=O) groups is 3. The van der Waals surface area contributed by atoms with Gasteiger partial charge < -0.3 is 19.5 Å². The van der Waals surface area contributed by atoms with E-state index in [-0.39, 0.29) is 6.61 Å². The largest absolute Gasteiger partial charge is 0.481 e. The predicted octanol–water partition coefficient (Wildman–Crippen LogP) is 2.87. The molecule has 10 heteroatoms. The standard InChI is InChI=1S/C21H18F3NO6/c1-30-18(26)13-9-25(20(29)31-10-12-5-3-2-4-6-12)11-21(13,19(27)28)16-14(22)7-8-15(23)17(16)24/h2-8,13H,9-11H2,1H3,(H,27,28). The molecule has 3 rings (SSSR count). The van der Waals surface area contributed by atoms with E-state index in [1.807, 2.05) is 0 Å². The van der Waals surface area contributed by atoms with Gasteiger partial charge in [-0.2, -0.15) is 0 Å². The van der Waals surface area contributed by atoms with E-state index in [2.05, 4.69) is 4.74 Å². The van der Waals surface area contributed by atoms with E-state index >= 15 is 0 Å². The van der Waals surface area contributed by atoms with E-state index in [1.165, 1.54) is 0 Å². The number of amides is 1. The van der Waals surface area contributed by atoms with Gasteiger partial charge in [0.15, 0.2) is 11.6 Å². The van der Waals surface area contributed by atoms with Crippen molar-refractivity contribution in [3.63, 3.8) is 0 Å². The maximum absolute atomic E-state index is 14.6. The number of methoxy groups -OCH3 is 1. The van der Waals surface area contributed by atoms with Gasteiger partial charge >= 0.3 is 18.0 Å². The van der Waals surface area contributed by atoms with Crippen LogP contribution in [0.15, 0.2) is 42.5 Å². The molecule has 1 amide bonds. The van der Waals surface area contributed by atoms with Crippen molar-refractivity contribution in [1.29, 1.82) is 0 Å². The fraction of sp³-hybridized carbons (Fsp3) is 0.286. The van der Waals surface area contributed by atoms with Gasteiger partial charge in [0.25, 0.3) is 0 Å². The van der Waals surface area contributed by atoms with E-state index in [9.17, 15) is 32.7 Å². The van der Waals surface area contributed by atoms with Crippen molar-refractivity contribution in [1.82, 2.24) is 4.90 Å². The number of hydrogen-bond donors (Lipinski definition) is 1. The zero-order chi connectivity index (χ0) is 22.8. The molecule has 0 aromatic heterocycles. The third-order valence-corrected chi connectivity index (χ3v) is 5.26. The number of hydrogen-bond acceptors (Lipinski definition) is 5. The van der Waals surface area contributed by atoms with Gasteiger partial charge in [-0.3, -0.25) is 9.59 Å². The van der Waals surface area contributed by atoms with Crippen molar-refractivity contribution in [2.75, 3.05) is 20.2 Å². The molecule has 2 unspecified atom stereocenters. The number of carboxylic acids is 1. The molecule has 7 nitrogen and oxygen atoms in total. The number of ether oxygens (including phenoxy) is 2. The highest BCUT2D eigenvalue weighted by atomic mass is 19.2. The van der Waals surface area contributed by atoms with Gasteiger partial charge in [-0.1, -0.05) is 30.3 Å². The Kier molecular flexibility index (Phi) is 6.19. The molecule has 0 radical (unpaired) electrons. The van der Waals surface area contributed by atoms with E-state index in [1.54, 1.807) is 30.3 Å². The summed E-state index contributed by atoms with van der Waals surface area (Å²) < 4.78 is 52.8. The van der Waals surface area contributed by atoms with Crippen molar-refractivity contribution < 1.29 is 42.1 Å². The third kappa shape index (κ3) is 3.92. The van der Waals surface area contributed by atoms with Crippen LogP contribution in [-0.2, 0) is 31.1 Å². The summed E-state index contributed by atoms with van der Waals surface area (Å²) in [6.07, 6.45) is -1.00. The fourth-order valence-electron chi connectivity index (χ4n) is 3.73. The van der Waals surface area contributed by atoms with Gasteiger partial charge in [0.2, 0.25) is 0 Å². The summed E-state index contributed by atoms with van der Waals surface area (Å²) in [5.41, 5.74) is -3.13. The molecule has 0 aliphatic carbocycles. The van der Waals surface area contributed by atoms with Crippen molar-refractivity contribution in [2.24, 2.45) is 5.92 Å². The second-order valence-corrected chi connectivity index (χ2v) is 6.99. The Bertz CT molecular complexity index is 1020. The minimum absolute atomic E-state index is 0.151. The van der Waals surface area contributed by atoms with Gasteiger partial charge in [0.05, 0.1) is 13.0 Å². The van der Waals surface area contributed by atoms with Gasteiger partial charge in [0, 0.05) is 18.7 Å². The molecule has 1 saturated heterocycles. The minimum atomic E-state index is -2.62. The number of carboxylic acid groups (broad SMARTS) is 1. The smallest absolute Gasteiger partial charge is 0.410 e. The van der Waals surface area contributed by atoms with E-state index in [4.69, 9.17) is 4.74 Å². The molecule has 31 heavy (non-hydrogen) atoms. The number of halogens is 3. The molecule has 1 N–H and O–H groups in total. The lowest BCUT2D eigenvalue weighted by molar-refractivity contribution is -0.155. The van der Waals surface area contributed by atoms with Crippen LogP contribution in [0.25, 0.3) is 0 Å². The van der Waals surface area contributed by atoms with Crippen LogP contribution in [0.3, 0.4) is 0 Å². The summed E-state index contributed by atoms with van der Waals surface area (Å²) in [6.45, 7) is -1.53. The average molecular weight is 437 g/mol. The first-order valence-electron chi connectivity index (χ1n) is 9.13. The lowest BCUT2D eigenvalue weighted by atomic mass is 9.71. The molecule has 1 heterocycles. The number of likely N-dealkylation sites (tertiary alicyclic amines) is 1. The van der Waals surface area contributed by atoms with Crippen LogP contribution in [0, 0.1) is 23.4 Å². The first-order chi connectivity index (χ1) is 14.7. The summed E-state index contributed by atoms with van der Waals surface area (Å²) >= 11 is 0. The maximum Gasteiger partial charge on any atom is 0.410 e. The molecule has 2 aromatic carbocycles. The Labute approximate surface area is 175 Å². The molecule has 2 aromatic rings. The highest BCUT2D eigenvalue weighted by Gasteiger charge is 2.61. The predicted molar refractivity (Wildman–Crippen MR) is 99.3 cm³/mol. The number of nitrogens with zero attached hydrogens (tertiary/aromatic N) is 1. The van der Waals surface area contributed by atoms with Crippen LogP contribution in [0.1, 0.15) is 11.1 Å². The van der Waals surface area contributed by atoms with Crippen molar-refractivity contribution in [3.05, 3.63) is 71.0 Å². The third-order valence-electron chi connectivity index (χ3n) is 5.26. The van der Waals surface area contributed by atoms with Gasteiger partial charge in [-0.25, -0.2) is 18.0 Å². The first-order valence-corrected chi connectivity index (χ1v) is 9.13. The van der Waals surface area contributed by atoms with Crippen LogP contribution >= 0.6 is 0 Å². The summed E-state index contributed by atoms with van der Waals surface area (Å²) in [7, 11) is 0.962. The second kappa shape index (κ2) is 8.66. The van der Waals surface area contributed by atoms with Crippen LogP contribution < -0.4 is 0 Å². The van der Waals surface area contributed by atoms with Crippen LogP contribution in [0.4, 0.5) is 18.0 Å². The quantitative estimate of drug-likeness (QED) is 0.571. The molecule has 0 saturated carbocycles. The molecule has 1 fully saturated rings. The van der Waals surface area contributed by atoms with Crippen molar-refractivity contribution in [2.45, 2.75) is 12.0 Å².